The standard InChI is InChI=1S/C16H14ClF3N2O3/c17-12-13(15(24)21-10-5-6-11(23)7-10)22-25-14(12)8-1-3-9(4-2-8)16(18,19)20/h1-4,10-11,23H,5-7H2,(H,21,24)/t10-,11-/m0/s1. The first-order chi connectivity index (χ1) is 11.8. The summed E-state index contributed by atoms with van der Waals surface area (Å²) < 4.78 is 42.8. The van der Waals surface area contributed by atoms with Gasteiger partial charge in [-0.2, -0.15) is 13.2 Å². The van der Waals surface area contributed by atoms with Gasteiger partial charge in [-0.05, 0) is 31.4 Å². The highest BCUT2D eigenvalue weighted by Crippen LogP contribution is 2.34. The number of aromatic nitrogens is 1. The molecule has 25 heavy (non-hydrogen) atoms. The fraction of sp³-hybridized carbons (Fsp3) is 0.375. The van der Waals surface area contributed by atoms with Crippen molar-refractivity contribution in [3.05, 3.63) is 40.5 Å². The Hall–Kier alpha value is -2.06. The van der Waals surface area contributed by atoms with Gasteiger partial charge in [-0.1, -0.05) is 28.9 Å². The largest absolute Gasteiger partial charge is 0.416 e. The van der Waals surface area contributed by atoms with E-state index in [9.17, 15) is 23.1 Å². The van der Waals surface area contributed by atoms with Crippen LogP contribution in [0.5, 0.6) is 0 Å². The van der Waals surface area contributed by atoms with Gasteiger partial charge in [0.15, 0.2) is 11.5 Å². The third-order valence-electron chi connectivity index (χ3n) is 4.07. The molecule has 1 amide bonds. The topological polar surface area (TPSA) is 75.4 Å². The Morgan fingerprint density at radius 1 is 1.28 bits per heavy atom. The van der Waals surface area contributed by atoms with Crippen molar-refractivity contribution in [3.63, 3.8) is 0 Å². The summed E-state index contributed by atoms with van der Waals surface area (Å²) in [6.07, 6.45) is -3.18. The highest BCUT2D eigenvalue weighted by atomic mass is 35.5. The lowest BCUT2D eigenvalue weighted by Gasteiger charge is -2.10. The Morgan fingerprint density at radius 3 is 2.52 bits per heavy atom. The van der Waals surface area contributed by atoms with E-state index in [1.807, 2.05) is 0 Å². The summed E-state index contributed by atoms with van der Waals surface area (Å²) in [5, 5.41) is 15.7. The maximum atomic E-state index is 12.6. The number of hydrogen-bond acceptors (Lipinski definition) is 4. The van der Waals surface area contributed by atoms with Crippen LogP contribution in [0.15, 0.2) is 28.8 Å². The molecule has 1 aliphatic rings. The second-order valence-corrected chi connectivity index (χ2v) is 6.26. The molecule has 0 radical (unpaired) electrons. The van der Waals surface area contributed by atoms with Gasteiger partial charge in [-0.3, -0.25) is 4.79 Å². The molecule has 3 rings (SSSR count). The Morgan fingerprint density at radius 2 is 1.96 bits per heavy atom. The number of nitrogens with one attached hydrogen (secondary N) is 1. The van der Waals surface area contributed by atoms with Crippen molar-refractivity contribution in [2.75, 3.05) is 0 Å². The Labute approximate surface area is 145 Å². The first-order valence-corrected chi connectivity index (χ1v) is 7.95. The van der Waals surface area contributed by atoms with Crippen molar-refractivity contribution < 1.29 is 27.6 Å². The van der Waals surface area contributed by atoms with Crippen LogP contribution in [0.25, 0.3) is 11.3 Å². The van der Waals surface area contributed by atoms with Crippen molar-refractivity contribution >= 4 is 17.5 Å². The highest BCUT2D eigenvalue weighted by Gasteiger charge is 2.31. The molecular weight excluding hydrogens is 361 g/mol. The van der Waals surface area contributed by atoms with Gasteiger partial charge in [-0.25, -0.2) is 0 Å². The van der Waals surface area contributed by atoms with Crippen LogP contribution in [-0.4, -0.2) is 28.3 Å². The zero-order chi connectivity index (χ0) is 18.2. The smallest absolute Gasteiger partial charge is 0.393 e. The first-order valence-electron chi connectivity index (χ1n) is 7.57. The van der Waals surface area contributed by atoms with Gasteiger partial charge in [0.2, 0.25) is 0 Å². The molecule has 1 aromatic carbocycles. The number of carbonyl (C=O) groups is 1. The number of nitrogens with zero attached hydrogens (tertiary/aromatic N) is 1. The van der Waals surface area contributed by atoms with Crippen molar-refractivity contribution in [1.29, 1.82) is 0 Å². The van der Waals surface area contributed by atoms with E-state index in [1.54, 1.807) is 0 Å². The molecule has 2 atom stereocenters. The summed E-state index contributed by atoms with van der Waals surface area (Å²) in [6, 6.07) is 4.01. The van der Waals surface area contributed by atoms with Gasteiger partial charge in [-0.15, -0.1) is 0 Å². The quantitative estimate of drug-likeness (QED) is 0.859. The summed E-state index contributed by atoms with van der Waals surface area (Å²) in [6.45, 7) is 0. The lowest BCUT2D eigenvalue weighted by Crippen LogP contribution is -2.33. The number of rotatable bonds is 3. The minimum atomic E-state index is -4.44. The molecule has 1 aromatic heterocycles. The van der Waals surface area contributed by atoms with Gasteiger partial charge >= 0.3 is 6.18 Å². The van der Waals surface area contributed by atoms with E-state index in [0.29, 0.717) is 19.3 Å². The third kappa shape index (κ3) is 3.80. The Balaban J connectivity index is 1.77. The molecule has 1 aliphatic carbocycles. The van der Waals surface area contributed by atoms with Crippen molar-refractivity contribution in [1.82, 2.24) is 10.5 Å². The minimum absolute atomic E-state index is 0.0204. The van der Waals surface area contributed by atoms with E-state index >= 15 is 0 Å². The minimum Gasteiger partial charge on any atom is -0.393 e. The number of hydrogen-bond donors (Lipinski definition) is 2. The maximum Gasteiger partial charge on any atom is 0.416 e. The molecule has 0 saturated heterocycles. The van der Waals surface area contributed by atoms with Crippen molar-refractivity contribution in [2.24, 2.45) is 0 Å². The molecule has 0 bridgehead atoms. The van der Waals surface area contributed by atoms with Crippen LogP contribution >= 0.6 is 11.6 Å². The molecule has 1 fully saturated rings. The van der Waals surface area contributed by atoms with Crippen LogP contribution in [0, 0.1) is 0 Å². The number of carbonyl (C=O) groups excluding carboxylic acids is 1. The van der Waals surface area contributed by atoms with Gasteiger partial charge < -0.3 is 14.9 Å². The molecule has 5 nitrogen and oxygen atoms in total. The normalized spacial score (nSPS) is 20.7. The van der Waals surface area contributed by atoms with Crippen LogP contribution in [0.2, 0.25) is 5.02 Å². The number of halogens is 4. The maximum absolute atomic E-state index is 12.6. The van der Waals surface area contributed by atoms with E-state index in [0.717, 1.165) is 12.1 Å². The number of alkyl halides is 3. The lowest BCUT2D eigenvalue weighted by molar-refractivity contribution is -0.137. The van der Waals surface area contributed by atoms with E-state index < -0.39 is 23.8 Å². The third-order valence-corrected chi connectivity index (χ3v) is 4.42. The number of aliphatic hydroxyl groups is 1. The molecule has 1 heterocycles. The average Bonchev–Trinajstić information content (AvgIpc) is 3.12. The second kappa shape index (κ2) is 6.68. The lowest BCUT2D eigenvalue weighted by atomic mass is 10.1. The fourth-order valence-electron chi connectivity index (χ4n) is 2.75. The number of amides is 1. The van der Waals surface area contributed by atoms with Gasteiger partial charge in [0, 0.05) is 11.6 Å². The summed E-state index contributed by atoms with van der Waals surface area (Å²) >= 11 is 6.11. The van der Waals surface area contributed by atoms with E-state index in [1.165, 1.54) is 12.1 Å². The van der Waals surface area contributed by atoms with Crippen molar-refractivity contribution in [3.8, 4) is 11.3 Å². The molecule has 134 valence electrons. The molecule has 2 aromatic rings. The summed E-state index contributed by atoms with van der Waals surface area (Å²) in [5.74, 6) is -0.530. The fourth-order valence-corrected chi connectivity index (χ4v) is 3.02. The zero-order valence-corrected chi connectivity index (χ0v) is 13.6. The highest BCUT2D eigenvalue weighted by molar-refractivity contribution is 6.35. The summed E-state index contributed by atoms with van der Waals surface area (Å²) in [4.78, 5) is 12.2. The summed E-state index contributed by atoms with van der Waals surface area (Å²) in [5.41, 5.74) is -0.663. The van der Waals surface area contributed by atoms with E-state index in [2.05, 4.69) is 10.5 Å². The average molecular weight is 375 g/mol. The van der Waals surface area contributed by atoms with Crippen LogP contribution in [0.3, 0.4) is 0 Å². The SMILES string of the molecule is O=C(N[C@H]1CC[C@H](O)C1)c1noc(-c2ccc(C(F)(F)F)cc2)c1Cl. The predicted octanol–water partition coefficient (Wildman–Crippen LogP) is 3.66. The molecule has 0 unspecified atom stereocenters. The van der Waals surface area contributed by atoms with Crippen LogP contribution in [-0.2, 0) is 6.18 Å². The van der Waals surface area contributed by atoms with E-state index in [-0.39, 0.29) is 28.1 Å². The Kier molecular flexibility index (Phi) is 4.75. The van der Waals surface area contributed by atoms with E-state index in [4.69, 9.17) is 16.1 Å². The first kappa shape index (κ1) is 17.8. The predicted molar refractivity (Wildman–Crippen MR) is 83.1 cm³/mol. The molecule has 0 spiro atoms. The molecule has 1 saturated carbocycles. The van der Waals surface area contributed by atoms with Crippen LogP contribution in [0.4, 0.5) is 13.2 Å². The number of benzene rings is 1. The van der Waals surface area contributed by atoms with Crippen LogP contribution < -0.4 is 5.32 Å². The second-order valence-electron chi connectivity index (χ2n) is 5.89. The monoisotopic (exact) mass is 374 g/mol. The van der Waals surface area contributed by atoms with Gasteiger partial charge in [0.1, 0.15) is 5.02 Å². The summed E-state index contributed by atoms with van der Waals surface area (Å²) in [7, 11) is 0. The molecule has 0 aliphatic heterocycles. The molecular formula is C16H14ClF3N2O3. The number of aliphatic hydroxyl groups excluding tert-OH is 1. The van der Waals surface area contributed by atoms with Crippen LogP contribution in [0.1, 0.15) is 35.3 Å². The van der Waals surface area contributed by atoms with Gasteiger partial charge in [0.25, 0.3) is 5.91 Å². The van der Waals surface area contributed by atoms with Gasteiger partial charge in [0.05, 0.1) is 11.7 Å². The molecule has 9 heteroatoms. The Bertz CT molecular complexity index is 774. The molecule has 2 N–H and O–H groups in total. The zero-order valence-electron chi connectivity index (χ0n) is 12.8. The van der Waals surface area contributed by atoms with Crippen molar-refractivity contribution in [2.45, 2.75) is 37.6 Å².